The molecule has 1 fully saturated rings. The SMILES string of the molecule is COc1ccc(CN[C@@H]2CCCC[C@H]2S(C)(=O)=O)cc1. The highest BCUT2D eigenvalue weighted by Crippen LogP contribution is 2.24. The first-order valence-corrected chi connectivity index (χ1v) is 9.01. The van der Waals surface area contributed by atoms with Crippen molar-refractivity contribution in [1.29, 1.82) is 0 Å². The summed E-state index contributed by atoms with van der Waals surface area (Å²) in [5.74, 6) is 0.834. The number of nitrogens with one attached hydrogen (secondary N) is 1. The van der Waals surface area contributed by atoms with E-state index < -0.39 is 9.84 Å². The second-order valence-corrected chi connectivity index (χ2v) is 7.75. The van der Waals surface area contributed by atoms with Gasteiger partial charge in [-0.25, -0.2) is 8.42 Å². The zero-order chi connectivity index (χ0) is 14.6. The standard InChI is InChI=1S/C15H23NO3S/c1-19-13-9-7-12(8-10-13)11-16-14-5-3-4-6-15(14)20(2,17)18/h7-10,14-16H,3-6,11H2,1-2H3/t14-,15-/m1/s1. The Bertz CT molecular complexity index is 525. The van der Waals surface area contributed by atoms with Crippen molar-refractivity contribution in [3.8, 4) is 5.75 Å². The molecule has 5 heteroatoms. The molecule has 0 heterocycles. The van der Waals surface area contributed by atoms with Gasteiger partial charge in [-0.1, -0.05) is 25.0 Å². The van der Waals surface area contributed by atoms with Crippen LogP contribution in [0.4, 0.5) is 0 Å². The molecule has 1 N–H and O–H groups in total. The highest BCUT2D eigenvalue weighted by molar-refractivity contribution is 7.91. The van der Waals surface area contributed by atoms with E-state index in [1.165, 1.54) is 6.26 Å². The summed E-state index contributed by atoms with van der Waals surface area (Å²) in [6.07, 6.45) is 5.18. The molecular formula is C15H23NO3S. The van der Waals surface area contributed by atoms with Crippen LogP contribution in [-0.4, -0.2) is 33.1 Å². The Morgan fingerprint density at radius 3 is 2.45 bits per heavy atom. The Morgan fingerprint density at radius 2 is 1.85 bits per heavy atom. The van der Waals surface area contributed by atoms with Crippen LogP contribution in [0.1, 0.15) is 31.2 Å². The predicted molar refractivity (Wildman–Crippen MR) is 80.7 cm³/mol. The Kier molecular flexibility index (Phi) is 5.05. The molecule has 1 saturated carbocycles. The van der Waals surface area contributed by atoms with Gasteiger partial charge in [0.15, 0.2) is 9.84 Å². The normalized spacial score (nSPS) is 23.5. The second kappa shape index (κ2) is 6.59. The van der Waals surface area contributed by atoms with Gasteiger partial charge in [0.1, 0.15) is 5.75 Å². The van der Waals surface area contributed by atoms with Crippen molar-refractivity contribution in [2.24, 2.45) is 0 Å². The zero-order valence-corrected chi connectivity index (χ0v) is 12.9. The summed E-state index contributed by atoms with van der Waals surface area (Å²) >= 11 is 0. The summed E-state index contributed by atoms with van der Waals surface area (Å²) in [5.41, 5.74) is 1.14. The largest absolute Gasteiger partial charge is 0.497 e. The van der Waals surface area contributed by atoms with Gasteiger partial charge in [0, 0.05) is 18.8 Å². The molecule has 0 radical (unpaired) electrons. The quantitative estimate of drug-likeness (QED) is 0.904. The van der Waals surface area contributed by atoms with Crippen LogP contribution in [0.15, 0.2) is 24.3 Å². The number of benzene rings is 1. The first-order valence-electron chi connectivity index (χ1n) is 7.06. The molecule has 0 saturated heterocycles. The van der Waals surface area contributed by atoms with E-state index in [9.17, 15) is 8.42 Å². The highest BCUT2D eigenvalue weighted by atomic mass is 32.2. The molecule has 0 unspecified atom stereocenters. The fourth-order valence-electron chi connectivity index (χ4n) is 2.84. The number of hydrogen-bond acceptors (Lipinski definition) is 4. The van der Waals surface area contributed by atoms with E-state index in [0.29, 0.717) is 6.54 Å². The Labute approximate surface area is 121 Å². The lowest BCUT2D eigenvalue weighted by molar-refractivity contribution is 0.370. The molecule has 1 aromatic carbocycles. The van der Waals surface area contributed by atoms with Crippen molar-refractivity contribution >= 4 is 9.84 Å². The van der Waals surface area contributed by atoms with Gasteiger partial charge in [0.2, 0.25) is 0 Å². The van der Waals surface area contributed by atoms with Crippen LogP contribution in [0, 0.1) is 0 Å². The third-order valence-corrected chi connectivity index (χ3v) is 5.64. The summed E-state index contributed by atoms with van der Waals surface area (Å²) in [7, 11) is -1.33. The van der Waals surface area contributed by atoms with E-state index in [1.807, 2.05) is 24.3 Å². The maximum atomic E-state index is 11.8. The number of sulfone groups is 1. The molecule has 0 aliphatic heterocycles. The minimum atomic E-state index is -2.97. The van der Waals surface area contributed by atoms with Crippen molar-refractivity contribution in [3.05, 3.63) is 29.8 Å². The lowest BCUT2D eigenvalue weighted by atomic mass is 9.94. The third-order valence-electron chi connectivity index (χ3n) is 3.98. The molecule has 0 spiro atoms. The minimum Gasteiger partial charge on any atom is -0.497 e. The van der Waals surface area contributed by atoms with Crippen molar-refractivity contribution in [2.45, 2.75) is 43.5 Å². The van der Waals surface area contributed by atoms with E-state index in [2.05, 4.69) is 5.32 Å². The van der Waals surface area contributed by atoms with Crippen LogP contribution in [-0.2, 0) is 16.4 Å². The summed E-state index contributed by atoms with van der Waals surface area (Å²) in [4.78, 5) is 0. The fourth-order valence-corrected chi connectivity index (χ4v) is 4.26. The van der Waals surface area contributed by atoms with Crippen molar-refractivity contribution in [2.75, 3.05) is 13.4 Å². The average molecular weight is 297 g/mol. The van der Waals surface area contributed by atoms with E-state index in [0.717, 1.165) is 37.0 Å². The smallest absolute Gasteiger partial charge is 0.151 e. The van der Waals surface area contributed by atoms with Gasteiger partial charge < -0.3 is 10.1 Å². The first-order chi connectivity index (χ1) is 9.50. The van der Waals surface area contributed by atoms with Crippen LogP contribution in [0.25, 0.3) is 0 Å². The summed E-state index contributed by atoms with van der Waals surface area (Å²) in [6.45, 7) is 0.695. The van der Waals surface area contributed by atoms with E-state index in [-0.39, 0.29) is 11.3 Å². The van der Waals surface area contributed by atoms with Crippen LogP contribution >= 0.6 is 0 Å². The van der Waals surface area contributed by atoms with Gasteiger partial charge in [-0.15, -0.1) is 0 Å². The number of rotatable bonds is 5. The van der Waals surface area contributed by atoms with Crippen molar-refractivity contribution < 1.29 is 13.2 Å². The van der Waals surface area contributed by atoms with Gasteiger partial charge in [-0.3, -0.25) is 0 Å². The number of ether oxygens (including phenoxy) is 1. The van der Waals surface area contributed by atoms with Crippen LogP contribution in [0.5, 0.6) is 5.75 Å². The first kappa shape index (κ1) is 15.3. The molecule has 0 bridgehead atoms. The van der Waals surface area contributed by atoms with Crippen molar-refractivity contribution in [3.63, 3.8) is 0 Å². The molecule has 0 amide bonds. The third kappa shape index (κ3) is 3.96. The average Bonchev–Trinajstić information content (AvgIpc) is 2.45. The zero-order valence-electron chi connectivity index (χ0n) is 12.1. The van der Waals surface area contributed by atoms with Crippen LogP contribution in [0.2, 0.25) is 0 Å². The van der Waals surface area contributed by atoms with Crippen LogP contribution in [0.3, 0.4) is 0 Å². The van der Waals surface area contributed by atoms with Crippen molar-refractivity contribution in [1.82, 2.24) is 5.32 Å². The Balaban J connectivity index is 1.97. The number of methoxy groups -OCH3 is 1. The molecule has 4 nitrogen and oxygen atoms in total. The monoisotopic (exact) mass is 297 g/mol. The van der Waals surface area contributed by atoms with Gasteiger partial charge >= 0.3 is 0 Å². The molecule has 112 valence electrons. The second-order valence-electron chi connectivity index (χ2n) is 5.49. The lowest BCUT2D eigenvalue weighted by Gasteiger charge is -2.31. The molecule has 1 aliphatic carbocycles. The minimum absolute atomic E-state index is 0.0702. The summed E-state index contributed by atoms with van der Waals surface area (Å²) in [5, 5.41) is 3.17. The van der Waals surface area contributed by atoms with Gasteiger partial charge in [0.25, 0.3) is 0 Å². The lowest BCUT2D eigenvalue weighted by Crippen LogP contribution is -2.45. The molecule has 1 aromatic rings. The predicted octanol–water partition coefficient (Wildman–Crippen LogP) is 2.14. The van der Waals surface area contributed by atoms with E-state index >= 15 is 0 Å². The molecule has 2 atom stereocenters. The highest BCUT2D eigenvalue weighted by Gasteiger charge is 2.32. The van der Waals surface area contributed by atoms with Gasteiger partial charge in [-0.2, -0.15) is 0 Å². The Morgan fingerprint density at radius 1 is 1.20 bits per heavy atom. The number of hydrogen-bond donors (Lipinski definition) is 1. The topological polar surface area (TPSA) is 55.4 Å². The van der Waals surface area contributed by atoms with Gasteiger partial charge in [0.05, 0.1) is 12.4 Å². The molecule has 0 aromatic heterocycles. The van der Waals surface area contributed by atoms with Crippen LogP contribution < -0.4 is 10.1 Å². The van der Waals surface area contributed by atoms with E-state index in [1.54, 1.807) is 7.11 Å². The fraction of sp³-hybridized carbons (Fsp3) is 0.600. The van der Waals surface area contributed by atoms with E-state index in [4.69, 9.17) is 4.74 Å². The molecule has 20 heavy (non-hydrogen) atoms. The molecule has 2 rings (SSSR count). The molecular weight excluding hydrogens is 274 g/mol. The van der Waals surface area contributed by atoms with Gasteiger partial charge in [-0.05, 0) is 30.5 Å². The Hall–Kier alpha value is -1.07. The maximum absolute atomic E-state index is 11.8. The maximum Gasteiger partial charge on any atom is 0.151 e. The summed E-state index contributed by atoms with van der Waals surface area (Å²) < 4.78 is 28.8. The summed E-state index contributed by atoms with van der Waals surface area (Å²) in [6, 6.07) is 7.92. The molecule has 1 aliphatic rings.